The molecular weight excluding hydrogens is 174 g/mol. The number of hydrogen-bond acceptors (Lipinski definition) is 3. The highest BCUT2D eigenvalue weighted by Gasteiger charge is 2.19. The topological polar surface area (TPSA) is 75.6 Å². The molecule has 0 aromatic carbocycles. The van der Waals surface area contributed by atoms with Gasteiger partial charge in [-0.1, -0.05) is 12.2 Å². The van der Waals surface area contributed by atoms with Crippen molar-refractivity contribution in [3.05, 3.63) is 12.2 Å². The monoisotopic (exact) mass is 185 g/mol. The van der Waals surface area contributed by atoms with Crippen LogP contribution in [0.4, 0.5) is 0 Å². The molecule has 0 saturated carbocycles. The number of aliphatic carboxylic acids is 1. The summed E-state index contributed by atoms with van der Waals surface area (Å²) in [6.07, 6.45) is 5.23. The summed E-state index contributed by atoms with van der Waals surface area (Å²) in [5, 5.41) is 8.20. The van der Waals surface area contributed by atoms with Crippen LogP contribution in [0.5, 0.6) is 0 Å². The Balaban J connectivity index is 2.14. The summed E-state index contributed by atoms with van der Waals surface area (Å²) in [5.41, 5.74) is 2.10. The second-order valence-corrected chi connectivity index (χ2v) is 2.79. The van der Waals surface area contributed by atoms with Gasteiger partial charge in [-0.25, -0.2) is 10.3 Å². The number of hydrogen-bond donors (Lipinski definition) is 2. The van der Waals surface area contributed by atoms with Crippen molar-refractivity contribution in [3.63, 3.8) is 0 Å². The van der Waals surface area contributed by atoms with Crippen molar-refractivity contribution in [2.45, 2.75) is 12.8 Å². The fraction of sp³-hybridized carbons (Fsp3) is 0.500. The molecule has 0 bridgehead atoms. The quantitative estimate of drug-likeness (QED) is 0.480. The molecule has 0 aromatic rings. The molecule has 1 aliphatic carbocycles. The average molecular weight is 185 g/mol. The number of hydroxylamine groups is 1. The molecule has 0 atom stereocenters. The lowest BCUT2D eigenvalue weighted by Gasteiger charge is -2.08. The molecule has 5 heteroatoms. The Bertz CT molecular complexity index is 228. The van der Waals surface area contributed by atoms with E-state index in [1.54, 1.807) is 0 Å². The van der Waals surface area contributed by atoms with Crippen LogP contribution in [-0.4, -0.2) is 23.6 Å². The van der Waals surface area contributed by atoms with E-state index in [1.807, 2.05) is 12.2 Å². The van der Waals surface area contributed by atoms with Crippen LogP contribution < -0.4 is 5.48 Å². The highest BCUT2D eigenvalue weighted by Crippen LogP contribution is 2.17. The van der Waals surface area contributed by atoms with E-state index < -0.39 is 12.6 Å². The summed E-state index contributed by atoms with van der Waals surface area (Å²) in [6.45, 7) is -0.508. The molecule has 5 nitrogen and oxygen atoms in total. The van der Waals surface area contributed by atoms with Crippen LogP contribution in [0.15, 0.2) is 12.2 Å². The van der Waals surface area contributed by atoms with Gasteiger partial charge in [0.15, 0.2) is 6.61 Å². The van der Waals surface area contributed by atoms with Crippen molar-refractivity contribution in [3.8, 4) is 0 Å². The number of amides is 1. The van der Waals surface area contributed by atoms with Gasteiger partial charge in [0.25, 0.3) is 0 Å². The lowest BCUT2D eigenvalue weighted by Crippen LogP contribution is -2.31. The fourth-order valence-electron chi connectivity index (χ4n) is 1.08. The van der Waals surface area contributed by atoms with E-state index in [2.05, 4.69) is 10.3 Å². The minimum absolute atomic E-state index is 0.103. The summed E-state index contributed by atoms with van der Waals surface area (Å²) in [7, 11) is 0. The van der Waals surface area contributed by atoms with Gasteiger partial charge in [0.1, 0.15) is 0 Å². The molecule has 1 amide bonds. The molecule has 2 N–H and O–H groups in total. The summed E-state index contributed by atoms with van der Waals surface area (Å²) >= 11 is 0. The Labute approximate surface area is 75.3 Å². The first-order valence-electron chi connectivity index (χ1n) is 3.98. The molecule has 0 aromatic heterocycles. The smallest absolute Gasteiger partial charge is 0.332 e. The summed E-state index contributed by atoms with van der Waals surface area (Å²) < 4.78 is 0. The van der Waals surface area contributed by atoms with E-state index in [9.17, 15) is 9.59 Å². The molecular formula is C8H11NO4. The highest BCUT2D eigenvalue weighted by molar-refractivity contribution is 5.78. The Morgan fingerprint density at radius 1 is 1.46 bits per heavy atom. The first kappa shape index (κ1) is 9.73. The normalized spacial score (nSPS) is 16.0. The van der Waals surface area contributed by atoms with Crippen LogP contribution in [0, 0.1) is 5.92 Å². The zero-order valence-electron chi connectivity index (χ0n) is 7.03. The first-order chi connectivity index (χ1) is 6.20. The molecule has 72 valence electrons. The number of carboxylic acid groups (broad SMARTS) is 1. The van der Waals surface area contributed by atoms with Crippen LogP contribution in [-0.2, 0) is 14.4 Å². The summed E-state index contributed by atoms with van der Waals surface area (Å²) in [6, 6.07) is 0. The van der Waals surface area contributed by atoms with Crippen molar-refractivity contribution < 1.29 is 19.5 Å². The van der Waals surface area contributed by atoms with Gasteiger partial charge in [-0.15, -0.1) is 0 Å². The zero-order valence-corrected chi connectivity index (χ0v) is 7.03. The van der Waals surface area contributed by atoms with Gasteiger partial charge in [0.2, 0.25) is 5.91 Å². The van der Waals surface area contributed by atoms with Crippen LogP contribution >= 0.6 is 0 Å². The fourth-order valence-corrected chi connectivity index (χ4v) is 1.08. The Morgan fingerprint density at radius 3 is 2.62 bits per heavy atom. The molecule has 1 aliphatic rings. The molecule has 0 heterocycles. The third-order valence-electron chi connectivity index (χ3n) is 1.75. The van der Waals surface area contributed by atoms with Gasteiger partial charge in [-0.3, -0.25) is 9.63 Å². The van der Waals surface area contributed by atoms with E-state index in [0.717, 1.165) is 0 Å². The summed E-state index contributed by atoms with van der Waals surface area (Å²) in [5.74, 6) is -1.47. The molecule has 0 unspecified atom stereocenters. The zero-order chi connectivity index (χ0) is 9.68. The highest BCUT2D eigenvalue weighted by atomic mass is 16.7. The third kappa shape index (κ3) is 3.25. The van der Waals surface area contributed by atoms with E-state index >= 15 is 0 Å². The second kappa shape index (κ2) is 4.61. The Kier molecular flexibility index (Phi) is 3.45. The molecule has 0 aliphatic heterocycles. The number of carbonyl (C=O) groups excluding carboxylic acids is 1. The van der Waals surface area contributed by atoms with Crippen molar-refractivity contribution in [2.75, 3.05) is 6.61 Å². The lowest BCUT2D eigenvalue weighted by molar-refractivity contribution is -0.150. The van der Waals surface area contributed by atoms with Crippen LogP contribution in [0.25, 0.3) is 0 Å². The van der Waals surface area contributed by atoms with Gasteiger partial charge < -0.3 is 5.11 Å². The van der Waals surface area contributed by atoms with Gasteiger partial charge in [0, 0.05) is 5.92 Å². The van der Waals surface area contributed by atoms with Gasteiger partial charge in [-0.05, 0) is 12.8 Å². The molecule has 0 fully saturated rings. The third-order valence-corrected chi connectivity index (χ3v) is 1.75. The first-order valence-corrected chi connectivity index (χ1v) is 3.98. The van der Waals surface area contributed by atoms with E-state index in [-0.39, 0.29) is 11.8 Å². The Morgan fingerprint density at radius 2 is 2.08 bits per heavy atom. The Hall–Kier alpha value is -1.36. The number of carboxylic acids is 1. The van der Waals surface area contributed by atoms with Crippen LogP contribution in [0.2, 0.25) is 0 Å². The number of allylic oxidation sites excluding steroid dienone is 2. The molecule has 0 radical (unpaired) electrons. The lowest BCUT2D eigenvalue weighted by atomic mass is 10.1. The minimum atomic E-state index is -1.11. The SMILES string of the molecule is O=C(O)CONC(=O)C1CC=CC1. The second-order valence-electron chi connectivity index (χ2n) is 2.79. The number of carbonyl (C=O) groups is 2. The molecule has 1 rings (SSSR count). The largest absolute Gasteiger partial charge is 0.479 e. The predicted molar refractivity (Wildman–Crippen MR) is 43.6 cm³/mol. The van der Waals surface area contributed by atoms with Crippen LogP contribution in [0.3, 0.4) is 0 Å². The van der Waals surface area contributed by atoms with Crippen molar-refractivity contribution in [1.29, 1.82) is 0 Å². The molecule has 13 heavy (non-hydrogen) atoms. The maximum absolute atomic E-state index is 11.2. The van der Waals surface area contributed by atoms with Gasteiger partial charge in [-0.2, -0.15) is 0 Å². The summed E-state index contributed by atoms with van der Waals surface area (Å²) in [4.78, 5) is 25.6. The van der Waals surface area contributed by atoms with Crippen molar-refractivity contribution >= 4 is 11.9 Å². The maximum Gasteiger partial charge on any atom is 0.332 e. The minimum Gasteiger partial charge on any atom is -0.479 e. The van der Waals surface area contributed by atoms with Crippen LogP contribution in [0.1, 0.15) is 12.8 Å². The van der Waals surface area contributed by atoms with Crippen molar-refractivity contribution in [2.24, 2.45) is 5.92 Å². The molecule has 0 spiro atoms. The number of nitrogens with one attached hydrogen (secondary N) is 1. The van der Waals surface area contributed by atoms with Gasteiger partial charge >= 0.3 is 5.97 Å². The van der Waals surface area contributed by atoms with Crippen molar-refractivity contribution in [1.82, 2.24) is 5.48 Å². The van der Waals surface area contributed by atoms with E-state index in [0.29, 0.717) is 12.8 Å². The van der Waals surface area contributed by atoms with E-state index in [4.69, 9.17) is 5.11 Å². The predicted octanol–water partition coefficient (Wildman–Crippen LogP) is 0.0850. The van der Waals surface area contributed by atoms with E-state index in [1.165, 1.54) is 0 Å². The standard InChI is InChI=1S/C8H11NO4/c10-7(11)5-13-9-8(12)6-3-1-2-4-6/h1-2,6H,3-5H2,(H,9,12)(H,10,11). The average Bonchev–Trinajstić information content (AvgIpc) is 2.55. The number of rotatable bonds is 4. The maximum atomic E-state index is 11.2. The van der Waals surface area contributed by atoms with Gasteiger partial charge in [0.05, 0.1) is 0 Å². The molecule has 0 saturated heterocycles.